The van der Waals surface area contributed by atoms with E-state index in [2.05, 4.69) is 25.9 Å². The molecule has 90 valence electrons. The molecule has 0 unspecified atom stereocenters. The van der Waals surface area contributed by atoms with Crippen molar-refractivity contribution >= 4 is 27.0 Å². The summed E-state index contributed by atoms with van der Waals surface area (Å²) >= 11 is 3.35. The minimum Gasteiger partial charge on any atom is -0.338 e. The zero-order chi connectivity index (χ0) is 12.7. The monoisotopic (exact) mass is 308 g/mol. The summed E-state index contributed by atoms with van der Waals surface area (Å²) in [6.45, 7) is 0. The predicted molar refractivity (Wildman–Crippen MR) is 69.1 cm³/mol. The lowest BCUT2D eigenvalue weighted by Gasteiger charge is -1.96. The Kier molecular flexibility index (Phi) is 2.63. The number of halogens is 3. The molecule has 2 aromatic carbocycles. The maximum absolute atomic E-state index is 13.5. The minimum absolute atomic E-state index is 0.0185. The maximum Gasteiger partial charge on any atom is 0.186 e. The van der Waals surface area contributed by atoms with E-state index in [0.717, 1.165) is 16.1 Å². The summed E-state index contributed by atoms with van der Waals surface area (Å²) in [5.74, 6) is -1.31. The third kappa shape index (κ3) is 1.80. The quantitative estimate of drug-likeness (QED) is 0.714. The molecule has 0 atom stereocenters. The minimum atomic E-state index is -0.926. The fourth-order valence-corrected chi connectivity index (χ4v) is 2.19. The molecule has 0 aliphatic heterocycles. The van der Waals surface area contributed by atoms with E-state index in [1.807, 2.05) is 24.3 Å². The third-order valence-corrected chi connectivity index (χ3v) is 3.14. The summed E-state index contributed by atoms with van der Waals surface area (Å²) in [4.78, 5) is 7.06. The average molecular weight is 309 g/mol. The van der Waals surface area contributed by atoms with Gasteiger partial charge in [-0.05, 0) is 24.3 Å². The second-order valence-corrected chi connectivity index (χ2v) is 4.77. The fourth-order valence-electron chi connectivity index (χ4n) is 1.79. The van der Waals surface area contributed by atoms with Crippen LogP contribution in [0, 0.1) is 11.6 Å². The van der Waals surface area contributed by atoms with Crippen LogP contribution in [0.25, 0.3) is 22.4 Å². The lowest BCUT2D eigenvalue weighted by molar-refractivity contribution is 0.515. The molecule has 0 saturated carbocycles. The van der Waals surface area contributed by atoms with Gasteiger partial charge in [0.15, 0.2) is 11.6 Å². The largest absolute Gasteiger partial charge is 0.338 e. The van der Waals surface area contributed by atoms with Gasteiger partial charge in [0, 0.05) is 10.0 Å². The summed E-state index contributed by atoms with van der Waals surface area (Å²) < 4.78 is 27.5. The molecule has 0 amide bonds. The van der Waals surface area contributed by atoms with Gasteiger partial charge in [0.05, 0.1) is 5.52 Å². The number of fused-ring (bicyclic) bond motifs is 1. The van der Waals surface area contributed by atoms with E-state index >= 15 is 0 Å². The SMILES string of the molecule is Fc1ccc2[nH]c(-c3cccc(Br)c3)nc2c1F. The van der Waals surface area contributed by atoms with E-state index in [4.69, 9.17) is 0 Å². The molecule has 1 N–H and O–H groups in total. The normalized spacial score (nSPS) is 11.1. The van der Waals surface area contributed by atoms with Crippen molar-refractivity contribution in [2.75, 3.05) is 0 Å². The van der Waals surface area contributed by atoms with Crippen molar-refractivity contribution in [2.24, 2.45) is 0 Å². The number of H-pyrrole nitrogens is 1. The number of nitrogens with one attached hydrogen (secondary N) is 1. The Morgan fingerprint density at radius 1 is 1.11 bits per heavy atom. The van der Waals surface area contributed by atoms with Crippen molar-refractivity contribution in [3.05, 3.63) is 52.5 Å². The third-order valence-electron chi connectivity index (χ3n) is 2.64. The molecule has 1 heterocycles. The number of rotatable bonds is 1. The first-order chi connectivity index (χ1) is 8.65. The van der Waals surface area contributed by atoms with Crippen molar-refractivity contribution in [1.29, 1.82) is 0 Å². The lowest BCUT2D eigenvalue weighted by atomic mass is 10.2. The first-order valence-electron chi connectivity index (χ1n) is 5.25. The van der Waals surface area contributed by atoms with Gasteiger partial charge < -0.3 is 4.98 Å². The molecular formula is C13H7BrF2N2. The van der Waals surface area contributed by atoms with E-state index < -0.39 is 11.6 Å². The highest BCUT2D eigenvalue weighted by molar-refractivity contribution is 9.10. The van der Waals surface area contributed by atoms with E-state index in [1.165, 1.54) is 6.07 Å². The first-order valence-corrected chi connectivity index (χ1v) is 6.04. The molecule has 18 heavy (non-hydrogen) atoms. The van der Waals surface area contributed by atoms with Crippen LogP contribution < -0.4 is 0 Å². The van der Waals surface area contributed by atoms with Crippen LogP contribution in [0.5, 0.6) is 0 Å². The van der Waals surface area contributed by atoms with E-state index in [1.54, 1.807) is 0 Å². The summed E-state index contributed by atoms with van der Waals surface area (Å²) in [7, 11) is 0. The maximum atomic E-state index is 13.5. The Morgan fingerprint density at radius 3 is 2.72 bits per heavy atom. The van der Waals surface area contributed by atoms with Crippen molar-refractivity contribution < 1.29 is 8.78 Å². The fraction of sp³-hybridized carbons (Fsp3) is 0. The van der Waals surface area contributed by atoms with Crippen LogP contribution in [-0.4, -0.2) is 9.97 Å². The molecule has 3 aromatic rings. The Balaban J connectivity index is 2.23. The van der Waals surface area contributed by atoms with Crippen LogP contribution in [0.2, 0.25) is 0 Å². The second-order valence-electron chi connectivity index (χ2n) is 3.85. The zero-order valence-electron chi connectivity index (χ0n) is 9.05. The molecule has 5 heteroatoms. The number of hydrogen-bond acceptors (Lipinski definition) is 1. The van der Waals surface area contributed by atoms with E-state index in [9.17, 15) is 8.78 Å². The van der Waals surface area contributed by atoms with Crippen LogP contribution >= 0.6 is 15.9 Å². The molecule has 0 aliphatic rings. The second kappa shape index (κ2) is 4.17. The van der Waals surface area contributed by atoms with Gasteiger partial charge in [-0.1, -0.05) is 28.1 Å². The van der Waals surface area contributed by atoms with Crippen molar-refractivity contribution in [3.8, 4) is 11.4 Å². The molecule has 2 nitrogen and oxygen atoms in total. The smallest absolute Gasteiger partial charge is 0.186 e. The van der Waals surface area contributed by atoms with Crippen LogP contribution in [-0.2, 0) is 0 Å². The molecule has 3 rings (SSSR count). The van der Waals surface area contributed by atoms with Gasteiger partial charge in [0.1, 0.15) is 11.3 Å². The molecule has 0 saturated heterocycles. The van der Waals surface area contributed by atoms with Crippen LogP contribution in [0.3, 0.4) is 0 Å². The van der Waals surface area contributed by atoms with Crippen LogP contribution in [0.4, 0.5) is 8.78 Å². The molecular weight excluding hydrogens is 302 g/mol. The number of imidazole rings is 1. The summed E-state index contributed by atoms with van der Waals surface area (Å²) in [5.41, 5.74) is 1.30. The predicted octanol–water partition coefficient (Wildman–Crippen LogP) is 4.27. The standard InChI is InChI=1S/C13H7BrF2N2/c14-8-3-1-2-7(6-8)13-17-10-5-4-9(15)11(16)12(10)18-13/h1-6H,(H,17,18). The topological polar surface area (TPSA) is 28.7 Å². The van der Waals surface area contributed by atoms with Gasteiger partial charge in [-0.25, -0.2) is 13.8 Å². The summed E-state index contributed by atoms with van der Waals surface area (Å²) in [5, 5.41) is 0. The molecule has 0 spiro atoms. The Morgan fingerprint density at radius 2 is 1.94 bits per heavy atom. The molecule has 0 bridgehead atoms. The van der Waals surface area contributed by atoms with Crippen molar-refractivity contribution in [1.82, 2.24) is 9.97 Å². The van der Waals surface area contributed by atoms with Gasteiger partial charge in [-0.15, -0.1) is 0 Å². The lowest BCUT2D eigenvalue weighted by Crippen LogP contribution is -1.84. The average Bonchev–Trinajstić information content (AvgIpc) is 2.79. The molecule has 1 aromatic heterocycles. The number of aromatic nitrogens is 2. The number of aromatic amines is 1. The first kappa shape index (κ1) is 11.3. The molecule has 0 aliphatic carbocycles. The van der Waals surface area contributed by atoms with Gasteiger partial charge in [-0.3, -0.25) is 0 Å². The Hall–Kier alpha value is -1.75. The zero-order valence-corrected chi connectivity index (χ0v) is 10.6. The van der Waals surface area contributed by atoms with Gasteiger partial charge in [-0.2, -0.15) is 0 Å². The van der Waals surface area contributed by atoms with Crippen molar-refractivity contribution in [2.45, 2.75) is 0 Å². The highest BCUT2D eigenvalue weighted by Crippen LogP contribution is 2.25. The van der Waals surface area contributed by atoms with Crippen molar-refractivity contribution in [3.63, 3.8) is 0 Å². The van der Waals surface area contributed by atoms with Gasteiger partial charge >= 0.3 is 0 Å². The van der Waals surface area contributed by atoms with Crippen LogP contribution in [0.15, 0.2) is 40.9 Å². The van der Waals surface area contributed by atoms with Gasteiger partial charge in [0.2, 0.25) is 0 Å². The summed E-state index contributed by atoms with van der Waals surface area (Å²) in [6.07, 6.45) is 0. The van der Waals surface area contributed by atoms with Gasteiger partial charge in [0.25, 0.3) is 0 Å². The van der Waals surface area contributed by atoms with Crippen LogP contribution in [0.1, 0.15) is 0 Å². The highest BCUT2D eigenvalue weighted by atomic mass is 79.9. The highest BCUT2D eigenvalue weighted by Gasteiger charge is 2.12. The molecule has 0 fully saturated rings. The van der Waals surface area contributed by atoms with E-state index in [-0.39, 0.29) is 5.52 Å². The number of hydrogen-bond donors (Lipinski definition) is 1. The number of benzene rings is 2. The Bertz CT molecular complexity index is 737. The molecule has 0 radical (unpaired) electrons. The number of nitrogens with zero attached hydrogens (tertiary/aromatic N) is 1. The summed E-state index contributed by atoms with van der Waals surface area (Å²) in [6, 6.07) is 9.99. The Labute approximate surface area is 110 Å². The van der Waals surface area contributed by atoms with E-state index in [0.29, 0.717) is 11.3 Å².